The molecule has 0 unspecified atom stereocenters. The molecule has 1 amide bonds. The molecule has 0 radical (unpaired) electrons. The van der Waals surface area contributed by atoms with Crippen molar-refractivity contribution < 1.29 is 14.3 Å². The molecule has 0 aliphatic rings. The Morgan fingerprint density at radius 1 is 1.13 bits per heavy atom. The molecule has 2 aromatic heterocycles. The number of aromatic nitrogens is 4. The maximum Gasteiger partial charge on any atom is 0.226 e. The summed E-state index contributed by atoms with van der Waals surface area (Å²) in [6, 6.07) is 5.85. The number of nitrogens with one attached hydrogen (secondary N) is 1. The molecular weight excluding hydrogens is 450 g/mol. The fourth-order valence-corrected chi connectivity index (χ4v) is 3.27. The van der Waals surface area contributed by atoms with E-state index in [9.17, 15) is 4.79 Å². The number of amides is 1. The standard InChI is InChI=1S/C21H26BrN5O3/c1-4-29-19-7-6-16(10-20(19)30-5-2)13-26-14-17(11-23-26)25-21(28)8-9-27-15(3)18(22)12-24-27/h6-7,10-12,14H,4-5,8-9,13H2,1-3H3,(H,25,28). The first-order chi connectivity index (χ1) is 14.5. The molecule has 0 aliphatic heterocycles. The van der Waals surface area contributed by atoms with Gasteiger partial charge in [0.25, 0.3) is 0 Å². The summed E-state index contributed by atoms with van der Waals surface area (Å²) in [5.74, 6) is 1.37. The zero-order valence-corrected chi connectivity index (χ0v) is 19.0. The number of benzene rings is 1. The lowest BCUT2D eigenvalue weighted by Crippen LogP contribution is -2.15. The Morgan fingerprint density at radius 2 is 1.90 bits per heavy atom. The first-order valence-corrected chi connectivity index (χ1v) is 10.7. The monoisotopic (exact) mass is 475 g/mol. The van der Waals surface area contributed by atoms with Crippen LogP contribution in [0, 0.1) is 6.92 Å². The van der Waals surface area contributed by atoms with E-state index in [0.717, 1.165) is 27.2 Å². The number of aryl methyl sites for hydroxylation is 1. The summed E-state index contributed by atoms with van der Waals surface area (Å²) in [4.78, 5) is 12.3. The van der Waals surface area contributed by atoms with Crippen molar-refractivity contribution in [1.82, 2.24) is 19.6 Å². The number of rotatable bonds is 10. The van der Waals surface area contributed by atoms with E-state index in [0.29, 0.717) is 38.4 Å². The molecule has 8 nitrogen and oxygen atoms in total. The van der Waals surface area contributed by atoms with Gasteiger partial charge in [0.05, 0.1) is 48.9 Å². The van der Waals surface area contributed by atoms with Crippen LogP contribution in [0.3, 0.4) is 0 Å². The second kappa shape index (κ2) is 10.3. The van der Waals surface area contributed by atoms with Gasteiger partial charge >= 0.3 is 0 Å². The predicted octanol–water partition coefficient (Wildman–Crippen LogP) is 4.03. The molecule has 160 valence electrons. The quantitative estimate of drug-likeness (QED) is 0.478. The zero-order chi connectivity index (χ0) is 21.5. The van der Waals surface area contributed by atoms with Gasteiger partial charge in [-0.15, -0.1) is 0 Å². The minimum Gasteiger partial charge on any atom is -0.490 e. The number of carbonyl (C=O) groups excluding carboxylic acids is 1. The Kier molecular flexibility index (Phi) is 7.51. The number of hydrogen-bond donors (Lipinski definition) is 1. The number of nitrogens with zero attached hydrogens (tertiary/aromatic N) is 4. The largest absolute Gasteiger partial charge is 0.490 e. The average molecular weight is 476 g/mol. The lowest BCUT2D eigenvalue weighted by atomic mass is 10.2. The molecule has 0 bridgehead atoms. The van der Waals surface area contributed by atoms with E-state index in [1.54, 1.807) is 21.8 Å². The maximum atomic E-state index is 12.3. The van der Waals surface area contributed by atoms with Crippen LogP contribution in [0.2, 0.25) is 0 Å². The highest BCUT2D eigenvalue weighted by molar-refractivity contribution is 9.10. The number of halogens is 1. The predicted molar refractivity (Wildman–Crippen MR) is 118 cm³/mol. The normalized spacial score (nSPS) is 10.8. The lowest BCUT2D eigenvalue weighted by Gasteiger charge is -2.12. The van der Waals surface area contributed by atoms with Crippen LogP contribution < -0.4 is 14.8 Å². The smallest absolute Gasteiger partial charge is 0.226 e. The van der Waals surface area contributed by atoms with E-state index in [2.05, 4.69) is 31.4 Å². The number of anilines is 1. The van der Waals surface area contributed by atoms with Crippen molar-refractivity contribution in [3.63, 3.8) is 0 Å². The maximum absolute atomic E-state index is 12.3. The van der Waals surface area contributed by atoms with Crippen LogP contribution in [0.4, 0.5) is 5.69 Å². The van der Waals surface area contributed by atoms with Crippen LogP contribution >= 0.6 is 15.9 Å². The van der Waals surface area contributed by atoms with Gasteiger partial charge < -0.3 is 14.8 Å². The average Bonchev–Trinajstić information content (AvgIpc) is 3.29. The molecule has 0 spiro atoms. The Hall–Kier alpha value is -2.81. The van der Waals surface area contributed by atoms with Crippen LogP contribution in [0.15, 0.2) is 41.3 Å². The van der Waals surface area contributed by atoms with Gasteiger partial charge in [-0.25, -0.2) is 0 Å². The zero-order valence-electron chi connectivity index (χ0n) is 17.4. The van der Waals surface area contributed by atoms with Gasteiger partial charge in [0.2, 0.25) is 5.91 Å². The van der Waals surface area contributed by atoms with Crippen LogP contribution in [-0.2, 0) is 17.9 Å². The van der Waals surface area contributed by atoms with Crippen molar-refractivity contribution in [1.29, 1.82) is 0 Å². The summed E-state index contributed by atoms with van der Waals surface area (Å²) >= 11 is 3.42. The molecule has 0 atom stereocenters. The summed E-state index contributed by atoms with van der Waals surface area (Å²) < 4.78 is 15.8. The minimum atomic E-state index is -0.0831. The third-order valence-electron chi connectivity index (χ3n) is 4.46. The van der Waals surface area contributed by atoms with Crippen LogP contribution in [-0.4, -0.2) is 38.7 Å². The SMILES string of the molecule is CCOc1ccc(Cn2cc(NC(=O)CCn3ncc(Br)c3C)cn2)cc1OCC. The van der Waals surface area contributed by atoms with Crippen LogP contribution in [0.1, 0.15) is 31.5 Å². The van der Waals surface area contributed by atoms with Crippen molar-refractivity contribution in [3.05, 3.63) is 52.5 Å². The molecule has 0 aliphatic carbocycles. The number of hydrogen-bond acceptors (Lipinski definition) is 5. The van der Waals surface area contributed by atoms with Gasteiger partial charge in [0, 0.05) is 18.3 Å². The van der Waals surface area contributed by atoms with Crippen LogP contribution in [0.5, 0.6) is 11.5 Å². The van der Waals surface area contributed by atoms with Crippen molar-refractivity contribution in [2.45, 2.75) is 40.3 Å². The minimum absolute atomic E-state index is 0.0831. The van der Waals surface area contributed by atoms with Gasteiger partial charge in [0.1, 0.15) is 0 Å². The summed E-state index contributed by atoms with van der Waals surface area (Å²) in [5.41, 5.74) is 2.69. The second-order valence-electron chi connectivity index (χ2n) is 6.67. The Labute approximate surface area is 184 Å². The van der Waals surface area contributed by atoms with Gasteiger partial charge in [-0.3, -0.25) is 14.2 Å². The van der Waals surface area contributed by atoms with Gasteiger partial charge in [-0.2, -0.15) is 10.2 Å². The van der Waals surface area contributed by atoms with Crippen molar-refractivity contribution in [2.75, 3.05) is 18.5 Å². The van der Waals surface area contributed by atoms with E-state index in [1.165, 1.54) is 0 Å². The molecule has 9 heteroatoms. The molecule has 0 saturated carbocycles. The molecule has 0 saturated heterocycles. The van der Waals surface area contributed by atoms with E-state index >= 15 is 0 Å². The van der Waals surface area contributed by atoms with Gasteiger partial charge in [-0.05, 0) is 54.4 Å². The summed E-state index contributed by atoms with van der Waals surface area (Å²) in [7, 11) is 0. The molecular formula is C21H26BrN5O3. The Bertz CT molecular complexity index is 998. The van der Waals surface area contributed by atoms with E-state index in [-0.39, 0.29) is 5.91 Å². The van der Waals surface area contributed by atoms with Gasteiger partial charge in [-0.1, -0.05) is 6.07 Å². The van der Waals surface area contributed by atoms with Crippen molar-refractivity contribution in [2.24, 2.45) is 0 Å². The highest BCUT2D eigenvalue weighted by atomic mass is 79.9. The van der Waals surface area contributed by atoms with Gasteiger partial charge in [0.15, 0.2) is 11.5 Å². The molecule has 30 heavy (non-hydrogen) atoms. The summed E-state index contributed by atoms with van der Waals surface area (Å²) in [6.45, 7) is 8.06. The second-order valence-corrected chi connectivity index (χ2v) is 7.53. The van der Waals surface area contributed by atoms with Crippen LogP contribution in [0.25, 0.3) is 0 Å². The highest BCUT2D eigenvalue weighted by Gasteiger charge is 2.10. The first-order valence-electron chi connectivity index (χ1n) is 9.88. The highest BCUT2D eigenvalue weighted by Crippen LogP contribution is 2.29. The topological polar surface area (TPSA) is 83.2 Å². The fourth-order valence-electron chi connectivity index (χ4n) is 2.98. The first kappa shape index (κ1) is 21.9. The van der Waals surface area contributed by atoms with E-state index in [4.69, 9.17) is 9.47 Å². The summed E-state index contributed by atoms with van der Waals surface area (Å²) in [6.07, 6.45) is 5.52. The summed E-state index contributed by atoms with van der Waals surface area (Å²) in [5, 5.41) is 11.5. The van der Waals surface area contributed by atoms with Crippen molar-refractivity contribution >= 4 is 27.5 Å². The van der Waals surface area contributed by atoms with E-state index < -0.39 is 0 Å². The Balaban J connectivity index is 1.57. The number of ether oxygens (including phenoxy) is 2. The molecule has 3 aromatic rings. The number of carbonyl (C=O) groups is 1. The Morgan fingerprint density at radius 3 is 2.60 bits per heavy atom. The van der Waals surface area contributed by atoms with E-state index in [1.807, 2.05) is 45.2 Å². The molecule has 1 aromatic carbocycles. The fraction of sp³-hybridized carbons (Fsp3) is 0.381. The molecule has 0 fully saturated rings. The van der Waals surface area contributed by atoms with Crippen molar-refractivity contribution in [3.8, 4) is 11.5 Å². The third-order valence-corrected chi connectivity index (χ3v) is 5.24. The molecule has 1 N–H and O–H groups in total. The third kappa shape index (κ3) is 5.63. The molecule has 3 rings (SSSR count). The molecule has 2 heterocycles. The lowest BCUT2D eigenvalue weighted by molar-refractivity contribution is -0.116.